The molecule has 30 heavy (non-hydrogen) atoms. The molecular weight excluding hydrogens is 414 g/mol. The first-order chi connectivity index (χ1) is 14.2. The number of halogens is 1. The van der Waals surface area contributed by atoms with Gasteiger partial charge in [-0.3, -0.25) is 9.59 Å². The van der Waals surface area contributed by atoms with Crippen LogP contribution in [0.15, 0.2) is 29.6 Å². The van der Waals surface area contributed by atoms with Gasteiger partial charge in [-0.1, -0.05) is 11.6 Å². The molecule has 2 atom stereocenters. The van der Waals surface area contributed by atoms with Crippen molar-refractivity contribution in [3.05, 3.63) is 35.1 Å². The number of rotatable bonds is 7. The number of nitrogens with zero attached hydrogens (tertiary/aromatic N) is 6. The molecule has 0 radical (unpaired) electrons. The van der Waals surface area contributed by atoms with Crippen LogP contribution in [0.3, 0.4) is 0 Å². The lowest BCUT2D eigenvalue weighted by Gasteiger charge is -2.31. The van der Waals surface area contributed by atoms with Crippen LogP contribution in [0.1, 0.15) is 25.8 Å². The predicted molar refractivity (Wildman–Crippen MR) is 107 cm³/mol. The van der Waals surface area contributed by atoms with Crippen molar-refractivity contribution in [3.63, 3.8) is 0 Å². The van der Waals surface area contributed by atoms with Crippen LogP contribution in [0.5, 0.6) is 0 Å². The molecule has 0 saturated carbocycles. The van der Waals surface area contributed by atoms with Crippen molar-refractivity contribution in [2.45, 2.75) is 44.6 Å². The van der Waals surface area contributed by atoms with E-state index in [1.165, 1.54) is 24.3 Å². The number of methoxy groups -OCH3 is 1. The van der Waals surface area contributed by atoms with Gasteiger partial charge in [-0.2, -0.15) is 5.10 Å². The summed E-state index contributed by atoms with van der Waals surface area (Å²) in [4.78, 5) is 25.4. The number of benzene rings is 1. The minimum atomic E-state index is -1.48. The summed E-state index contributed by atoms with van der Waals surface area (Å²) in [5.74, 6) is -1.14. The Morgan fingerprint density at radius 1 is 1.43 bits per heavy atom. The van der Waals surface area contributed by atoms with Gasteiger partial charge in [0.25, 0.3) is 5.91 Å². The number of hydrogen-bond donors (Lipinski definition) is 2. The Morgan fingerprint density at radius 2 is 2.20 bits per heavy atom. The number of amides is 2. The van der Waals surface area contributed by atoms with Gasteiger partial charge in [-0.05, 0) is 48.0 Å². The van der Waals surface area contributed by atoms with Gasteiger partial charge in [0, 0.05) is 31.3 Å². The van der Waals surface area contributed by atoms with Gasteiger partial charge in [-0.15, -0.1) is 5.10 Å². The molecule has 1 aliphatic heterocycles. The van der Waals surface area contributed by atoms with E-state index in [-0.39, 0.29) is 13.0 Å². The van der Waals surface area contributed by atoms with Gasteiger partial charge in [0.05, 0.1) is 11.3 Å². The maximum Gasteiger partial charge on any atom is 0.275 e. The summed E-state index contributed by atoms with van der Waals surface area (Å²) < 4.78 is 6.61. The molecule has 0 aliphatic carbocycles. The smallest absolute Gasteiger partial charge is 0.275 e. The highest BCUT2D eigenvalue weighted by Crippen LogP contribution is 2.22. The van der Waals surface area contributed by atoms with Crippen molar-refractivity contribution in [2.24, 2.45) is 5.10 Å². The molecule has 0 spiro atoms. The molecule has 1 unspecified atom stereocenters. The van der Waals surface area contributed by atoms with Crippen LogP contribution in [0, 0.1) is 0 Å². The summed E-state index contributed by atoms with van der Waals surface area (Å²) in [6, 6.07) is 4.24. The van der Waals surface area contributed by atoms with Crippen LogP contribution < -0.4 is 5.32 Å². The second-order valence-electron chi connectivity index (χ2n) is 7.19. The van der Waals surface area contributed by atoms with E-state index in [4.69, 9.17) is 16.3 Å². The number of hydrogen-bond acceptors (Lipinski definition) is 8. The van der Waals surface area contributed by atoms with E-state index in [1.807, 2.05) is 0 Å². The monoisotopic (exact) mass is 435 g/mol. The van der Waals surface area contributed by atoms with Gasteiger partial charge in [-0.25, -0.2) is 9.69 Å². The van der Waals surface area contributed by atoms with Crippen molar-refractivity contribution >= 4 is 29.6 Å². The number of carbonyl (C=O) groups excluding carboxylic acids is 2. The molecule has 2 N–H and O–H groups in total. The Morgan fingerprint density at radius 3 is 2.87 bits per heavy atom. The first-order valence-corrected chi connectivity index (χ1v) is 9.50. The molecule has 0 bridgehead atoms. The molecule has 0 fully saturated rings. The molecular formula is C18H22ClN7O4. The maximum absolute atomic E-state index is 12.8. The van der Waals surface area contributed by atoms with Crippen LogP contribution in [-0.2, 0) is 20.9 Å². The van der Waals surface area contributed by atoms with Gasteiger partial charge < -0.3 is 15.2 Å². The average molecular weight is 436 g/mol. The van der Waals surface area contributed by atoms with E-state index in [9.17, 15) is 14.7 Å². The molecule has 1 aromatic carbocycles. The number of hydrazone groups is 1. The summed E-state index contributed by atoms with van der Waals surface area (Å²) in [5, 5.41) is 29.6. The molecule has 0 saturated heterocycles. The Labute approximate surface area is 177 Å². The van der Waals surface area contributed by atoms with Crippen molar-refractivity contribution in [1.82, 2.24) is 30.5 Å². The lowest BCUT2D eigenvalue weighted by Crippen LogP contribution is -2.53. The summed E-state index contributed by atoms with van der Waals surface area (Å²) in [7, 11) is 1.39. The van der Waals surface area contributed by atoms with E-state index in [2.05, 4.69) is 25.9 Å². The number of ether oxygens (including phenoxy) is 1. The van der Waals surface area contributed by atoms with Crippen molar-refractivity contribution in [3.8, 4) is 5.69 Å². The summed E-state index contributed by atoms with van der Waals surface area (Å²) in [5.41, 5.74) is 0.204. The number of aliphatic hydroxyl groups excluding tert-OH is 1. The van der Waals surface area contributed by atoms with Crippen LogP contribution in [0.2, 0.25) is 5.02 Å². The second-order valence-corrected chi connectivity index (χ2v) is 7.62. The third-order valence-electron chi connectivity index (χ3n) is 4.87. The summed E-state index contributed by atoms with van der Waals surface area (Å²) in [6.45, 7) is 3.27. The Bertz CT molecular complexity index is 948. The summed E-state index contributed by atoms with van der Waals surface area (Å²) >= 11 is 6.09. The third kappa shape index (κ3) is 4.48. The van der Waals surface area contributed by atoms with Crippen LogP contribution in [0.25, 0.3) is 5.69 Å². The van der Waals surface area contributed by atoms with Gasteiger partial charge in [0.1, 0.15) is 12.4 Å². The third-order valence-corrected chi connectivity index (χ3v) is 5.10. The fourth-order valence-electron chi connectivity index (χ4n) is 2.87. The molecule has 2 heterocycles. The highest BCUT2D eigenvalue weighted by molar-refractivity contribution is 6.30. The van der Waals surface area contributed by atoms with Crippen molar-refractivity contribution in [1.29, 1.82) is 0 Å². The first-order valence-electron chi connectivity index (χ1n) is 9.13. The number of aromatic nitrogens is 4. The lowest BCUT2D eigenvalue weighted by atomic mass is 10.00. The minimum Gasteiger partial charge on any atom is -0.380 e. The van der Waals surface area contributed by atoms with Crippen molar-refractivity contribution in [2.75, 3.05) is 7.11 Å². The van der Waals surface area contributed by atoms with Crippen LogP contribution in [-0.4, -0.2) is 73.2 Å². The van der Waals surface area contributed by atoms with Gasteiger partial charge in [0.2, 0.25) is 5.91 Å². The number of aliphatic hydroxyl groups is 1. The lowest BCUT2D eigenvalue weighted by molar-refractivity contribution is -0.160. The second kappa shape index (κ2) is 8.86. The molecule has 12 heteroatoms. The van der Waals surface area contributed by atoms with E-state index < -0.39 is 29.6 Å². The molecule has 160 valence electrons. The SMILES string of the molecule is COC(C)(C)[C@@H](O)C(=O)N1N=CCC1C(=O)NCc1cc(Cl)ccc1-n1cnnn1. The quantitative estimate of drug-likeness (QED) is 0.638. The maximum atomic E-state index is 12.8. The minimum absolute atomic E-state index is 0.124. The van der Waals surface area contributed by atoms with Crippen LogP contribution in [0.4, 0.5) is 0 Å². The molecule has 2 amide bonds. The average Bonchev–Trinajstić information content (AvgIpc) is 3.43. The number of carbonyl (C=O) groups is 2. The highest BCUT2D eigenvalue weighted by atomic mass is 35.5. The molecule has 1 aliphatic rings. The standard InChI is InChI=1S/C18H22ClN7O4/c1-18(2,30-3)15(27)17(29)26-14(6-7-22-26)16(28)20-9-11-8-12(19)4-5-13(11)25-10-21-23-24-25/h4-5,7-8,10,14-15,27H,6,9H2,1-3H3,(H,20,28)/t14?,15-/m0/s1. The fraction of sp³-hybridized carbons (Fsp3) is 0.444. The highest BCUT2D eigenvalue weighted by Gasteiger charge is 2.41. The molecule has 1 aromatic heterocycles. The first kappa shape index (κ1) is 21.8. The topological polar surface area (TPSA) is 135 Å². The predicted octanol–water partition coefficient (Wildman–Crippen LogP) is 0.304. The zero-order valence-electron chi connectivity index (χ0n) is 16.7. The zero-order chi connectivity index (χ0) is 21.9. The molecule has 3 rings (SSSR count). The fourth-order valence-corrected chi connectivity index (χ4v) is 3.06. The number of nitrogens with one attached hydrogen (secondary N) is 1. The van der Waals surface area contributed by atoms with Crippen LogP contribution >= 0.6 is 11.6 Å². The summed E-state index contributed by atoms with van der Waals surface area (Å²) in [6.07, 6.45) is 1.64. The Balaban J connectivity index is 1.71. The van der Waals surface area contributed by atoms with E-state index in [0.717, 1.165) is 5.01 Å². The van der Waals surface area contributed by atoms with Gasteiger partial charge in [0.15, 0.2) is 6.10 Å². The normalized spacial score (nSPS) is 17.2. The van der Waals surface area contributed by atoms with Crippen molar-refractivity contribution < 1.29 is 19.4 Å². The van der Waals surface area contributed by atoms with E-state index >= 15 is 0 Å². The van der Waals surface area contributed by atoms with E-state index in [0.29, 0.717) is 16.3 Å². The number of tetrazole rings is 1. The Kier molecular flexibility index (Phi) is 6.44. The largest absolute Gasteiger partial charge is 0.380 e. The Hall–Kier alpha value is -2.89. The van der Waals surface area contributed by atoms with E-state index in [1.54, 1.807) is 32.0 Å². The molecule has 11 nitrogen and oxygen atoms in total. The molecule has 2 aromatic rings. The van der Waals surface area contributed by atoms with Gasteiger partial charge >= 0.3 is 0 Å². The zero-order valence-corrected chi connectivity index (χ0v) is 17.4.